The Hall–Kier alpha value is -1.01. The normalized spacial score (nSPS) is 12.6. The molecule has 0 aromatic carbocycles. The number of pyridine rings is 1. The monoisotopic (exact) mass is 254 g/mol. The molecule has 0 amide bonds. The highest BCUT2D eigenvalue weighted by molar-refractivity contribution is 7.09. The predicted molar refractivity (Wildman–Crippen MR) is 65.1 cm³/mol. The van der Waals surface area contributed by atoms with Crippen LogP contribution in [0.4, 0.5) is 0 Å². The highest BCUT2D eigenvalue weighted by atomic mass is 35.5. The first-order chi connectivity index (χ1) is 7.79. The molecule has 0 fully saturated rings. The molecule has 2 aromatic rings. The van der Waals surface area contributed by atoms with E-state index in [1.54, 1.807) is 29.8 Å². The van der Waals surface area contributed by atoms with Gasteiger partial charge in [-0.05, 0) is 12.1 Å². The van der Waals surface area contributed by atoms with E-state index < -0.39 is 0 Å². The molecule has 0 saturated carbocycles. The molecule has 0 radical (unpaired) electrons. The number of hydrogen-bond acceptors (Lipinski definition) is 5. The maximum absolute atomic E-state index is 5.78. The van der Waals surface area contributed by atoms with Gasteiger partial charge < -0.3 is 0 Å². The summed E-state index contributed by atoms with van der Waals surface area (Å²) in [7, 11) is 0. The first-order valence-corrected chi connectivity index (χ1v) is 6.01. The Kier molecular flexibility index (Phi) is 3.84. The zero-order chi connectivity index (χ0) is 11.4. The molecule has 2 rings (SSSR count). The van der Waals surface area contributed by atoms with E-state index in [9.17, 15) is 0 Å². The first kappa shape index (κ1) is 11.5. The average molecular weight is 255 g/mol. The highest BCUT2D eigenvalue weighted by Gasteiger charge is 2.13. The van der Waals surface area contributed by atoms with Gasteiger partial charge in [-0.1, -0.05) is 11.6 Å². The van der Waals surface area contributed by atoms with Crippen molar-refractivity contribution < 1.29 is 0 Å². The van der Waals surface area contributed by atoms with Crippen molar-refractivity contribution in [2.75, 3.05) is 0 Å². The maximum atomic E-state index is 5.78. The van der Waals surface area contributed by atoms with Gasteiger partial charge in [-0.3, -0.25) is 16.3 Å². The van der Waals surface area contributed by atoms with E-state index in [-0.39, 0.29) is 6.04 Å². The number of thiazole rings is 1. The Bertz CT molecular complexity index is 429. The number of aromatic nitrogens is 2. The fourth-order valence-corrected chi connectivity index (χ4v) is 2.15. The van der Waals surface area contributed by atoms with Crippen molar-refractivity contribution in [3.05, 3.63) is 45.6 Å². The van der Waals surface area contributed by atoms with Crippen molar-refractivity contribution in [1.29, 1.82) is 0 Å². The molecule has 16 heavy (non-hydrogen) atoms. The van der Waals surface area contributed by atoms with Crippen LogP contribution in [0.25, 0.3) is 0 Å². The number of hydrazine groups is 1. The lowest BCUT2D eigenvalue weighted by Gasteiger charge is -2.13. The van der Waals surface area contributed by atoms with Gasteiger partial charge in [0.05, 0.1) is 21.8 Å². The number of hydrogen-bond donors (Lipinski definition) is 2. The number of rotatable bonds is 4. The fraction of sp³-hybridized carbons (Fsp3) is 0.200. The Balaban J connectivity index is 2.13. The predicted octanol–water partition coefficient (Wildman–Crippen LogP) is 1.94. The number of nitrogens with two attached hydrogens (primary N) is 1. The van der Waals surface area contributed by atoms with Crippen molar-refractivity contribution in [3.8, 4) is 0 Å². The van der Waals surface area contributed by atoms with Crippen molar-refractivity contribution in [1.82, 2.24) is 15.4 Å². The fourth-order valence-electron chi connectivity index (χ4n) is 1.37. The summed E-state index contributed by atoms with van der Waals surface area (Å²) < 4.78 is 0. The van der Waals surface area contributed by atoms with Crippen LogP contribution < -0.4 is 11.3 Å². The second-order valence-corrected chi connectivity index (χ2v) is 4.67. The Morgan fingerprint density at radius 1 is 1.44 bits per heavy atom. The minimum absolute atomic E-state index is 0.0385. The molecule has 2 heterocycles. The van der Waals surface area contributed by atoms with Crippen LogP contribution in [-0.2, 0) is 6.42 Å². The van der Waals surface area contributed by atoms with E-state index in [0.29, 0.717) is 5.02 Å². The van der Waals surface area contributed by atoms with E-state index >= 15 is 0 Å². The quantitative estimate of drug-likeness (QED) is 0.647. The molecule has 1 atom stereocenters. The molecule has 4 nitrogen and oxygen atoms in total. The first-order valence-electron chi connectivity index (χ1n) is 4.75. The van der Waals surface area contributed by atoms with Crippen LogP contribution in [0.3, 0.4) is 0 Å². The molecule has 1 unspecified atom stereocenters. The third-order valence-electron chi connectivity index (χ3n) is 2.17. The molecule has 0 aliphatic heterocycles. The second-order valence-electron chi connectivity index (χ2n) is 3.25. The molecule has 6 heteroatoms. The standard InChI is InChI=1S/C10H11ClN4S/c11-7-1-2-8(14-6-7)9(15-12)5-10-13-3-4-16-10/h1-4,6,9,15H,5,12H2. The highest BCUT2D eigenvalue weighted by Crippen LogP contribution is 2.18. The molecular formula is C10H11ClN4S. The third kappa shape index (κ3) is 2.76. The summed E-state index contributed by atoms with van der Waals surface area (Å²) in [5.41, 5.74) is 3.60. The lowest BCUT2D eigenvalue weighted by Crippen LogP contribution is -2.30. The smallest absolute Gasteiger partial charge is 0.0944 e. The molecule has 0 aliphatic carbocycles. The van der Waals surface area contributed by atoms with Gasteiger partial charge in [0.2, 0.25) is 0 Å². The molecule has 3 N–H and O–H groups in total. The summed E-state index contributed by atoms with van der Waals surface area (Å²) in [6, 6.07) is 3.62. The van der Waals surface area contributed by atoms with Gasteiger partial charge in [0, 0.05) is 24.2 Å². The Labute approximate surface area is 102 Å². The summed E-state index contributed by atoms with van der Waals surface area (Å²) in [5, 5.41) is 3.59. The van der Waals surface area contributed by atoms with E-state index in [4.69, 9.17) is 17.4 Å². The number of nitrogens with one attached hydrogen (secondary N) is 1. The molecule has 0 spiro atoms. The Morgan fingerprint density at radius 2 is 2.31 bits per heavy atom. The van der Waals surface area contributed by atoms with Crippen LogP contribution in [0.2, 0.25) is 5.02 Å². The van der Waals surface area contributed by atoms with Gasteiger partial charge in [-0.25, -0.2) is 4.98 Å². The third-order valence-corrected chi connectivity index (χ3v) is 3.20. The van der Waals surface area contributed by atoms with Crippen LogP contribution in [0.1, 0.15) is 16.7 Å². The summed E-state index contributed by atoms with van der Waals surface area (Å²) in [6.45, 7) is 0. The lowest BCUT2D eigenvalue weighted by atomic mass is 10.1. The zero-order valence-corrected chi connectivity index (χ0v) is 10.0. The molecule has 0 bridgehead atoms. The van der Waals surface area contributed by atoms with Crippen molar-refractivity contribution >= 4 is 22.9 Å². The van der Waals surface area contributed by atoms with Crippen LogP contribution in [0, 0.1) is 0 Å². The summed E-state index contributed by atoms with van der Waals surface area (Å²) >= 11 is 7.38. The zero-order valence-electron chi connectivity index (χ0n) is 8.43. The van der Waals surface area contributed by atoms with Gasteiger partial charge in [-0.2, -0.15) is 0 Å². The molecule has 0 aliphatic rings. The van der Waals surface area contributed by atoms with Gasteiger partial charge in [0.15, 0.2) is 0 Å². The lowest BCUT2D eigenvalue weighted by molar-refractivity contribution is 0.537. The average Bonchev–Trinajstić information content (AvgIpc) is 2.80. The van der Waals surface area contributed by atoms with Crippen molar-refractivity contribution in [2.24, 2.45) is 5.84 Å². The van der Waals surface area contributed by atoms with E-state index in [1.807, 2.05) is 11.4 Å². The number of nitrogens with zero attached hydrogens (tertiary/aromatic N) is 2. The van der Waals surface area contributed by atoms with E-state index in [0.717, 1.165) is 17.1 Å². The van der Waals surface area contributed by atoms with Crippen molar-refractivity contribution in [2.45, 2.75) is 12.5 Å². The Morgan fingerprint density at radius 3 is 2.88 bits per heavy atom. The van der Waals surface area contributed by atoms with Gasteiger partial charge in [0.1, 0.15) is 0 Å². The topological polar surface area (TPSA) is 63.8 Å². The minimum Gasteiger partial charge on any atom is -0.271 e. The minimum atomic E-state index is -0.0385. The van der Waals surface area contributed by atoms with Crippen LogP contribution in [0.15, 0.2) is 29.9 Å². The van der Waals surface area contributed by atoms with Crippen LogP contribution >= 0.6 is 22.9 Å². The van der Waals surface area contributed by atoms with E-state index in [2.05, 4.69) is 15.4 Å². The van der Waals surface area contributed by atoms with Crippen LogP contribution in [-0.4, -0.2) is 9.97 Å². The van der Waals surface area contributed by atoms with Crippen LogP contribution in [0.5, 0.6) is 0 Å². The molecule has 84 valence electrons. The van der Waals surface area contributed by atoms with Gasteiger partial charge >= 0.3 is 0 Å². The molecule has 0 saturated heterocycles. The van der Waals surface area contributed by atoms with Gasteiger partial charge in [-0.15, -0.1) is 11.3 Å². The van der Waals surface area contributed by atoms with E-state index in [1.165, 1.54) is 0 Å². The van der Waals surface area contributed by atoms with Gasteiger partial charge in [0.25, 0.3) is 0 Å². The summed E-state index contributed by atoms with van der Waals surface area (Å²) in [4.78, 5) is 8.45. The SMILES string of the molecule is NNC(Cc1nccs1)c1ccc(Cl)cn1. The largest absolute Gasteiger partial charge is 0.271 e. The number of halogens is 1. The summed E-state index contributed by atoms with van der Waals surface area (Å²) in [5.74, 6) is 5.51. The maximum Gasteiger partial charge on any atom is 0.0944 e. The summed E-state index contributed by atoms with van der Waals surface area (Å²) in [6.07, 6.45) is 4.12. The second kappa shape index (κ2) is 5.36. The van der Waals surface area contributed by atoms with Crippen molar-refractivity contribution in [3.63, 3.8) is 0 Å². The molecular weight excluding hydrogens is 244 g/mol. The molecule has 2 aromatic heterocycles.